The Morgan fingerprint density at radius 3 is 2.00 bits per heavy atom. The number of aliphatic hydroxyl groups excluding tert-OH is 1. The minimum Gasteiger partial charge on any atom is -0.497 e. The Hall–Kier alpha value is -4.15. The van der Waals surface area contributed by atoms with Crippen molar-refractivity contribution in [2.75, 3.05) is 43.2 Å². The summed E-state index contributed by atoms with van der Waals surface area (Å²) in [4.78, 5) is 48.9. The second kappa shape index (κ2) is 12.0. The first-order chi connectivity index (χ1) is 21.8. The van der Waals surface area contributed by atoms with Crippen molar-refractivity contribution in [3.05, 3.63) is 72.8 Å². The average molecular weight is 616 g/mol. The maximum atomic E-state index is 14.7. The molecule has 238 valence electrons. The first-order valence-electron chi connectivity index (χ1n) is 15.8. The number of anilines is 2. The number of hydrogen-bond acceptors (Lipinski definition) is 7. The smallest absolute Gasteiger partial charge is 0.253 e. The van der Waals surface area contributed by atoms with Gasteiger partial charge in [-0.1, -0.05) is 38.2 Å². The van der Waals surface area contributed by atoms with Crippen LogP contribution in [-0.4, -0.2) is 84.4 Å². The number of amides is 3. The van der Waals surface area contributed by atoms with Gasteiger partial charge in [-0.25, -0.2) is 0 Å². The lowest BCUT2D eigenvalue weighted by atomic mass is 9.73. The van der Waals surface area contributed by atoms with Gasteiger partial charge in [-0.3, -0.25) is 14.4 Å². The highest BCUT2D eigenvalue weighted by Gasteiger charge is 2.76. The first kappa shape index (κ1) is 30.9. The van der Waals surface area contributed by atoms with E-state index in [0.717, 1.165) is 0 Å². The number of likely N-dealkylation sites (tertiary alicyclic amines) is 1. The Labute approximate surface area is 263 Å². The molecule has 3 amide bonds. The second-order valence-electron chi connectivity index (χ2n) is 11.9. The third-order valence-electron chi connectivity index (χ3n) is 9.80. The van der Waals surface area contributed by atoms with Crippen molar-refractivity contribution in [3.8, 4) is 11.5 Å². The molecule has 2 aromatic rings. The second-order valence-corrected chi connectivity index (χ2v) is 11.9. The van der Waals surface area contributed by atoms with E-state index in [1.165, 1.54) is 4.90 Å². The lowest BCUT2D eigenvalue weighted by Crippen LogP contribution is -2.59. The summed E-state index contributed by atoms with van der Waals surface area (Å²) >= 11 is 0. The Bertz CT molecular complexity index is 1500. The van der Waals surface area contributed by atoms with Gasteiger partial charge in [-0.15, -0.1) is 0 Å². The van der Waals surface area contributed by atoms with E-state index in [0.29, 0.717) is 48.9 Å². The standard InChI is InChI=1S/C35H41N3O7/c1-5-23(22-39)38-30-33(42)37(25-10-14-26(43-4)15-11-25)21-9-19-35(30)29(32(38)41)28-31(40)36(20-8-18-34(28,6-2)45-35)24-12-16-27(17-13-24)44-7-3/h8-19,23,28-30,39H,5-7,20-22H2,1-4H3/t23-,28-,29-,30?,34+,35-/m0/s1. The van der Waals surface area contributed by atoms with Gasteiger partial charge in [0.1, 0.15) is 23.1 Å². The highest BCUT2D eigenvalue weighted by Crippen LogP contribution is 2.59. The Kier molecular flexibility index (Phi) is 8.22. The van der Waals surface area contributed by atoms with Gasteiger partial charge in [0.25, 0.3) is 5.91 Å². The van der Waals surface area contributed by atoms with Crippen LogP contribution in [0.4, 0.5) is 11.4 Å². The van der Waals surface area contributed by atoms with Crippen LogP contribution in [0.5, 0.6) is 11.5 Å². The molecule has 4 aliphatic rings. The van der Waals surface area contributed by atoms with Crippen LogP contribution in [0.2, 0.25) is 0 Å². The molecule has 6 atom stereocenters. The molecule has 1 N–H and O–H groups in total. The van der Waals surface area contributed by atoms with Gasteiger partial charge >= 0.3 is 0 Å². The highest BCUT2D eigenvalue weighted by atomic mass is 16.5. The zero-order valence-electron chi connectivity index (χ0n) is 26.2. The van der Waals surface area contributed by atoms with Crippen molar-refractivity contribution >= 4 is 29.1 Å². The molecule has 2 fully saturated rings. The van der Waals surface area contributed by atoms with Crippen LogP contribution in [0.15, 0.2) is 72.8 Å². The van der Waals surface area contributed by atoms with Gasteiger partial charge in [0, 0.05) is 24.5 Å². The number of carbonyl (C=O) groups is 3. The van der Waals surface area contributed by atoms with Gasteiger partial charge < -0.3 is 34.0 Å². The van der Waals surface area contributed by atoms with Crippen LogP contribution in [0.3, 0.4) is 0 Å². The van der Waals surface area contributed by atoms with Crippen LogP contribution < -0.4 is 19.3 Å². The summed E-state index contributed by atoms with van der Waals surface area (Å²) in [7, 11) is 1.58. The number of hydrogen-bond donors (Lipinski definition) is 1. The van der Waals surface area contributed by atoms with Crippen molar-refractivity contribution in [1.82, 2.24) is 4.90 Å². The van der Waals surface area contributed by atoms with Gasteiger partial charge in [-0.05, 0) is 68.3 Å². The molecule has 0 saturated carbocycles. The van der Waals surface area contributed by atoms with Gasteiger partial charge in [0.05, 0.1) is 43.8 Å². The number of nitrogens with zero attached hydrogens (tertiary/aromatic N) is 3. The minimum absolute atomic E-state index is 0.240. The zero-order chi connectivity index (χ0) is 31.9. The lowest BCUT2D eigenvalue weighted by molar-refractivity contribution is -0.149. The Morgan fingerprint density at radius 2 is 1.44 bits per heavy atom. The number of rotatable bonds is 9. The van der Waals surface area contributed by atoms with E-state index in [1.807, 2.05) is 69.3 Å². The molecular weight excluding hydrogens is 574 g/mol. The van der Waals surface area contributed by atoms with E-state index in [-0.39, 0.29) is 30.9 Å². The highest BCUT2D eigenvalue weighted by molar-refractivity contribution is 6.07. The predicted molar refractivity (Wildman–Crippen MR) is 169 cm³/mol. The first-order valence-corrected chi connectivity index (χ1v) is 15.8. The van der Waals surface area contributed by atoms with E-state index in [1.54, 1.807) is 41.2 Å². The Morgan fingerprint density at radius 1 is 0.844 bits per heavy atom. The topological polar surface area (TPSA) is 109 Å². The number of ether oxygens (including phenoxy) is 3. The molecule has 0 aliphatic carbocycles. The number of benzene rings is 2. The normalized spacial score (nSPS) is 29.7. The summed E-state index contributed by atoms with van der Waals surface area (Å²) in [5.41, 5.74) is -1.20. The maximum absolute atomic E-state index is 14.7. The SMILES string of the molecule is CCOc1ccc(N2CC=C[C@@]3(CC)O[C@]45C=CCN(c6ccc(OC)cc6)C(=O)C4N([C@@H](CC)CO)C(=O)[C@@H]5[C@H]3C2=O)cc1. The summed E-state index contributed by atoms with van der Waals surface area (Å²) in [6.07, 6.45) is 8.38. The molecule has 6 rings (SSSR count). The monoisotopic (exact) mass is 615 g/mol. The van der Waals surface area contributed by atoms with E-state index in [9.17, 15) is 19.5 Å². The Balaban J connectivity index is 1.46. The van der Waals surface area contributed by atoms with Gasteiger partial charge in [0.15, 0.2) is 0 Å². The molecular formula is C35H41N3O7. The fourth-order valence-electron chi connectivity index (χ4n) is 7.62. The molecule has 10 heteroatoms. The number of methoxy groups -OCH3 is 1. The number of aliphatic hydroxyl groups is 1. The lowest BCUT2D eigenvalue weighted by Gasteiger charge is -2.40. The average Bonchev–Trinajstić information content (AvgIpc) is 3.35. The number of fused-ring (bicyclic) bond motifs is 2. The molecule has 2 saturated heterocycles. The summed E-state index contributed by atoms with van der Waals surface area (Å²) in [5.74, 6) is -1.43. The zero-order valence-corrected chi connectivity index (χ0v) is 26.2. The molecule has 10 nitrogen and oxygen atoms in total. The fraction of sp³-hybridized carbons (Fsp3) is 0.457. The predicted octanol–water partition coefficient (Wildman–Crippen LogP) is 3.73. The summed E-state index contributed by atoms with van der Waals surface area (Å²) in [5, 5.41) is 10.4. The maximum Gasteiger partial charge on any atom is 0.253 e. The van der Waals surface area contributed by atoms with E-state index in [4.69, 9.17) is 14.2 Å². The molecule has 2 aromatic carbocycles. The van der Waals surface area contributed by atoms with Crippen LogP contribution in [0.1, 0.15) is 33.6 Å². The van der Waals surface area contributed by atoms with Crippen LogP contribution in [0, 0.1) is 11.8 Å². The largest absolute Gasteiger partial charge is 0.497 e. The summed E-state index contributed by atoms with van der Waals surface area (Å²) in [6.45, 7) is 6.50. The van der Waals surface area contributed by atoms with Gasteiger partial charge in [-0.2, -0.15) is 0 Å². The van der Waals surface area contributed by atoms with Crippen LogP contribution in [0.25, 0.3) is 0 Å². The van der Waals surface area contributed by atoms with Crippen molar-refractivity contribution in [2.24, 2.45) is 11.8 Å². The minimum atomic E-state index is -1.42. The third-order valence-corrected chi connectivity index (χ3v) is 9.80. The van der Waals surface area contributed by atoms with Crippen LogP contribution in [-0.2, 0) is 19.1 Å². The van der Waals surface area contributed by atoms with Crippen LogP contribution >= 0.6 is 0 Å². The molecule has 0 aromatic heterocycles. The molecule has 45 heavy (non-hydrogen) atoms. The number of carbonyl (C=O) groups excluding carboxylic acids is 3. The molecule has 0 bridgehead atoms. The summed E-state index contributed by atoms with van der Waals surface area (Å²) in [6, 6.07) is 12.8. The third kappa shape index (κ3) is 4.73. The molecule has 4 heterocycles. The van der Waals surface area contributed by atoms with Crippen molar-refractivity contribution in [2.45, 2.75) is 56.9 Å². The quantitative estimate of drug-likeness (QED) is 0.429. The molecule has 4 aliphatic heterocycles. The molecule has 1 unspecified atom stereocenters. The van der Waals surface area contributed by atoms with Gasteiger partial charge in [0.2, 0.25) is 11.8 Å². The molecule has 0 radical (unpaired) electrons. The van der Waals surface area contributed by atoms with Crippen molar-refractivity contribution in [1.29, 1.82) is 0 Å². The molecule has 1 spiro atoms. The van der Waals surface area contributed by atoms with Crippen molar-refractivity contribution < 1.29 is 33.7 Å². The summed E-state index contributed by atoms with van der Waals surface area (Å²) < 4.78 is 18.0. The van der Waals surface area contributed by atoms with Crippen molar-refractivity contribution in [3.63, 3.8) is 0 Å². The van der Waals surface area contributed by atoms with E-state index in [2.05, 4.69) is 0 Å². The van der Waals surface area contributed by atoms with E-state index < -0.39 is 35.1 Å². The fourth-order valence-corrected chi connectivity index (χ4v) is 7.62. The van der Waals surface area contributed by atoms with E-state index >= 15 is 0 Å².